The lowest BCUT2D eigenvalue weighted by Gasteiger charge is -1.87. The summed E-state index contributed by atoms with van der Waals surface area (Å²) in [6.07, 6.45) is 0. The molecule has 0 unspecified atom stereocenters. The lowest BCUT2D eigenvalue weighted by atomic mass is 10.2. The van der Waals surface area contributed by atoms with Gasteiger partial charge in [0.05, 0.1) is 5.10 Å². The minimum Gasteiger partial charge on any atom is -0.358 e. The van der Waals surface area contributed by atoms with Crippen LogP contribution in [-0.2, 0) is 0 Å². The topological polar surface area (TPSA) is 87.0 Å². The van der Waals surface area contributed by atoms with Crippen molar-refractivity contribution in [3.8, 4) is 0 Å². The molecule has 0 bridgehead atoms. The molecule has 0 fully saturated rings. The van der Waals surface area contributed by atoms with E-state index in [1.54, 1.807) is 24.3 Å². The Morgan fingerprint density at radius 3 is 2.85 bits per heavy atom. The molecular formula is C7H6N4O2. The fourth-order valence-corrected chi connectivity index (χ4v) is 1.21. The molecule has 0 spiro atoms. The molecule has 2 rings (SSSR count). The van der Waals surface area contributed by atoms with Crippen molar-refractivity contribution in [1.82, 2.24) is 9.89 Å². The van der Waals surface area contributed by atoms with Gasteiger partial charge < -0.3 is 16.0 Å². The molecule has 0 radical (unpaired) electrons. The minimum atomic E-state index is -0.550. The Morgan fingerprint density at radius 1 is 1.46 bits per heavy atom. The van der Waals surface area contributed by atoms with Gasteiger partial charge in [0, 0.05) is 0 Å². The number of hydrogen-bond acceptors (Lipinski definition) is 4. The Morgan fingerprint density at radius 2 is 2.15 bits per heavy atom. The monoisotopic (exact) mass is 178 g/mol. The Hall–Kier alpha value is -2.11. The van der Waals surface area contributed by atoms with Gasteiger partial charge in [-0.15, -0.1) is 0 Å². The van der Waals surface area contributed by atoms with Crippen molar-refractivity contribution >= 4 is 16.7 Å². The zero-order valence-corrected chi connectivity index (χ0v) is 6.54. The van der Waals surface area contributed by atoms with E-state index in [0.717, 1.165) is 4.79 Å². The molecule has 0 amide bonds. The number of nitro groups is 1. The Bertz CT molecular complexity index is 476. The fraction of sp³-hybridized carbons (Fsp3) is 0. The maximum absolute atomic E-state index is 10.5. The number of benzene rings is 1. The summed E-state index contributed by atoms with van der Waals surface area (Å²) in [4.78, 5) is 11.0. The predicted molar refractivity (Wildman–Crippen MR) is 46.5 cm³/mol. The van der Waals surface area contributed by atoms with Crippen LogP contribution in [0.4, 0.5) is 5.82 Å². The number of aromatic nitrogens is 2. The summed E-state index contributed by atoms with van der Waals surface area (Å²) in [5.74, 6) is 5.21. The van der Waals surface area contributed by atoms with E-state index in [1.807, 2.05) is 0 Å². The van der Waals surface area contributed by atoms with Crippen LogP contribution in [0.1, 0.15) is 0 Å². The SMILES string of the molecule is Nn1nc([N+](=O)[O-])c2ccccc21. The molecule has 1 aromatic heterocycles. The van der Waals surface area contributed by atoms with Gasteiger partial charge in [-0.1, -0.05) is 16.9 Å². The fourth-order valence-electron chi connectivity index (χ4n) is 1.21. The third-order valence-corrected chi connectivity index (χ3v) is 1.77. The van der Waals surface area contributed by atoms with Crippen LogP contribution in [0.3, 0.4) is 0 Å². The summed E-state index contributed by atoms with van der Waals surface area (Å²) in [5.41, 5.74) is 0.550. The van der Waals surface area contributed by atoms with E-state index in [9.17, 15) is 10.1 Å². The second-order valence-corrected chi connectivity index (χ2v) is 2.54. The summed E-state index contributed by atoms with van der Waals surface area (Å²) in [7, 11) is 0. The molecule has 6 nitrogen and oxygen atoms in total. The predicted octanol–water partition coefficient (Wildman–Crippen LogP) is 0.658. The average molecular weight is 178 g/mol. The lowest BCUT2D eigenvalue weighted by molar-refractivity contribution is -0.388. The Kier molecular flexibility index (Phi) is 1.42. The highest BCUT2D eigenvalue weighted by molar-refractivity contribution is 5.86. The van der Waals surface area contributed by atoms with Crippen LogP contribution in [0, 0.1) is 10.1 Å². The van der Waals surface area contributed by atoms with Gasteiger partial charge >= 0.3 is 5.82 Å². The number of nitrogen functional groups attached to an aromatic ring is 1. The number of nitrogens with two attached hydrogens (primary N) is 1. The molecule has 1 aromatic carbocycles. The average Bonchev–Trinajstić information content (AvgIpc) is 2.45. The van der Waals surface area contributed by atoms with Crippen LogP contribution >= 0.6 is 0 Å². The van der Waals surface area contributed by atoms with Crippen LogP contribution in [0.25, 0.3) is 10.9 Å². The summed E-state index contributed by atoms with van der Waals surface area (Å²) in [5, 5.41) is 14.5. The number of fused-ring (bicyclic) bond motifs is 1. The standard InChI is InChI=1S/C7H6N4O2/c8-10-6-4-2-1-3-5(6)7(9-10)11(12)13/h1-4H,8H2. The second-order valence-electron chi connectivity index (χ2n) is 2.54. The van der Waals surface area contributed by atoms with Crippen LogP contribution in [0.15, 0.2) is 24.3 Å². The van der Waals surface area contributed by atoms with Crippen LogP contribution in [-0.4, -0.2) is 14.8 Å². The molecule has 1 heterocycles. The van der Waals surface area contributed by atoms with Crippen LogP contribution in [0.5, 0.6) is 0 Å². The van der Waals surface area contributed by atoms with Gasteiger partial charge in [-0.2, -0.15) is 0 Å². The number of para-hydroxylation sites is 1. The quantitative estimate of drug-likeness (QED) is 0.394. The van der Waals surface area contributed by atoms with Gasteiger partial charge in [0.2, 0.25) is 0 Å². The van der Waals surface area contributed by atoms with Gasteiger partial charge in [-0.05, 0) is 17.1 Å². The molecule has 6 heteroatoms. The number of hydrogen-bond donors (Lipinski definition) is 1. The maximum Gasteiger partial charge on any atom is 0.400 e. The summed E-state index contributed by atoms with van der Waals surface area (Å²) in [6, 6.07) is 6.74. The van der Waals surface area contributed by atoms with Crippen molar-refractivity contribution in [1.29, 1.82) is 0 Å². The van der Waals surface area contributed by atoms with E-state index in [1.165, 1.54) is 0 Å². The minimum absolute atomic E-state index is 0.210. The third kappa shape index (κ3) is 0.994. The third-order valence-electron chi connectivity index (χ3n) is 1.77. The molecule has 0 aliphatic rings. The van der Waals surface area contributed by atoms with E-state index in [2.05, 4.69) is 5.10 Å². The largest absolute Gasteiger partial charge is 0.400 e. The lowest BCUT2D eigenvalue weighted by Crippen LogP contribution is -2.09. The summed E-state index contributed by atoms with van der Waals surface area (Å²) >= 11 is 0. The molecular weight excluding hydrogens is 172 g/mol. The van der Waals surface area contributed by atoms with Gasteiger partial charge in [-0.25, -0.2) is 0 Å². The first-order chi connectivity index (χ1) is 6.20. The number of rotatable bonds is 1. The van der Waals surface area contributed by atoms with Crippen molar-refractivity contribution in [3.63, 3.8) is 0 Å². The van der Waals surface area contributed by atoms with Gasteiger partial charge in [-0.3, -0.25) is 0 Å². The van der Waals surface area contributed by atoms with Crippen molar-refractivity contribution < 1.29 is 4.92 Å². The summed E-state index contributed by atoms with van der Waals surface area (Å²) < 4.78 is 0. The normalized spacial score (nSPS) is 10.5. The molecule has 0 aliphatic heterocycles. The van der Waals surface area contributed by atoms with Gasteiger partial charge in [0.1, 0.15) is 10.9 Å². The molecule has 66 valence electrons. The highest BCUT2D eigenvalue weighted by atomic mass is 16.6. The van der Waals surface area contributed by atoms with Crippen molar-refractivity contribution in [2.24, 2.45) is 0 Å². The molecule has 13 heavy (non-hydrogen) atoms. The van der Waals surface area contributed by atoms with Gasteiger partial charge in [0.15, 0.2) is 0 Å². The first-order valence-electron chi connectivity index (χ1n) is 3.57. The molecule has 0 saturated heterocycles. The smallest absolute Gasteiger partial charge is 0.358 e. The van der Waals surface area contributed by atoms with E-state index in [-0.39, 0.29) is 5.82 Å². The highest BCUT2D eigenvalue weighted by Crippen LogP contribution is 2.22. The zero-order chi connectivity index (χ0) is 9.42. The van der Waals surface area contributed by atoms with E-state index >= 15 is 0 Å². The van der Waals surface area contributed by atoms with E-state index in [0.29, 0.717) is 10.9 Å². The number of nitrogens with zero attached hydrogens (tertiary/aromatic N) is 3. The van der Waals surface area contributed by atoms with E-state index in [4.69, 9.17) is 5.84 Å². The second kappa shape index (κ2) is 2.44. The van der Waals surface area contributed by atoms with Crippen LogP contribution in [0.2, 0.25) is 0 Å². The van der Waals surface area contributed by atoms with Gasteiger partial charge in [0.25, 0.3) is 0 Å². The van der Waals surface area contributed by atoms with Crippen LogP contribution < -0.4 is 5.84 Å². The van der Waals surface area contributed by atoms with Crippen molar-refractivity contribution in [3.05, 3.63) is 34.4 Å². The molecule has 0 atom stereocenters. The highest BCUT2D eigenvalue weighted by Gasteiger charge is 2.18. The van der Waals surface area contributed by atoms with Crippen molar-refractivity contribution in [2.75, 3.05) is 5.84 Å². The maximum atomic E-state index is 10.5. The zero-order valence-electron chi connectivity index (χ0n) is 6.54. The first kappa shape index (κ1) is 7.53. The van der Waals surface area contributed by atoms with E-state index < -0.39 is 4.92 Å². The Labute approximate surface area is 72.7 Å². The molecule has 0 aliphatic carbocycles. The summed E-state index contributed by atoms with van der Waals surface area (Å²) in [6.45, 7) is 0. The molecule has 2 aromatic rings. The molecule has 0 saturated carbocycles. The molecule has 2 N–H and O–H groups in total. The Balaban J connectivity index is 2.85. The van der Waals surface area contributed by atoms with Crippen molar-refractivity contribution in [2.45, 2.75) is 0 Å². The first-order valence-corrected chi connectivity index (χ1v) is 3.57.